The molecule has 0 saturated heterocycles. The van der Waals surface area contributed by atoms with Crippen molar-refractivity contribution >= 4 is 0 Å². The van der Waals surface area contributed by atoms with Crippen LogP contribution in [0.4, 0.5) is 0 Å². The zero-order valence-electron chi connectivity index (χ0n) is 9.45. The first-order valence-electron chi connectivity index (χ1n) is 6.07. The zero-order chi connectivity index (χ0) is 10.1. The minimum Gasteiger partial charge on any atom is -0.391 e. The molecule has 14 heavy (non-hydrogen) atoms. The molecule has 0 aliphatic heterocycles. The van der Waals surface area contributed by atoms with Crippen LogP contribution < -0.4 is 0 Å². The van der Waals surface area contributed by atoms with Gasteiger partial charge in [-0.3, -0.25) is 0 Å². The average molecular weight is 197 g/mol. The average Bonchev–Trinajstić information content (AvgIpc) is 2.82. The quantitative estimate of drug-likeness (QED) is 0.746. The number of aliphatic hydroxyl groups is 1. The lowest BCUT2D eigenvalue weighted by Gasteiger charge is -2.35. The van der Waals surface area contributed by atoms with Crippen LogP contribution in [-0.2, 0) is 0 Å². The zero-order valence-corrected chi connectivity index (χ0v) is 9.45. The summed E-state index contributed by atoms with van der Waals surface area (Å²) in [7, 11) is 2.18. The summed E-state index contributed by atoms with van der Waals surface area (Å²) in [5.41, 5.74) is 0. The van der Waals surface area contributed by atoms with Crippen molar-refractivity contribution in [2.75, 3.05) is 13.6 Å². The Kier molecular flexibility index (Phi) is 3.13. The van der Waals surface area contributed by atoms with Crippen molar-refractivity contribution in [2.45, 2.75) is 51.2 Å². The second kappa shape index (κ2) is 4.19. The van der Waals surface area contributed by atoms with Crippen LogP contribution in [0.1, 0.15) is 39.0 Å². The lowest BCUT2D eigenvalue weighted by atomic mass is 9.91. The Morgan fingerprint density at radius 3 is 2.50 bits per heavy atom. The fourth-order valence-electron chi connectivity index (χ4n) is 2.76. The molecule has 2 aliphatic carbocycles. The van der Waals surface area contributed by atoms with Crippen molar-refractivity contribution in [1.82, 2.24) is 4.90 Å². The highest BCUT2D eigenvalue weighted by atomic mass is 16.3. The number of likely N-dealkylation sites (N-methyl/N-ethyl adjacent to an activating group) is 1. The summed E-state index contributed by atoms with van der Waals surface area (Å²) in [4.78, 5) is 2.40. The van der Waals surface area contributed by atoms with E-state index in [1.807, 2.05) is 0 Å². The number of nitrogens with zero attached hydrogens (tertiary/aromatic N) is 1. The van der Waals surface area contributed by atoms with E-state index in [9.17, 15) is 5.11 Å². The van der Waals surface area contributed by atoms with Gasteiger partial charge in [0.15, 0.2) is 0 Å². The molecule has 0 spiro atoms. The molecule has 4 atom stereocenters. The Balaban J connectivity index is 1.80. The maximum absolute atomic E-state index is 9.90. The summed E-state index contributed by atoms with van der Waals surface area (Å²) in [5, 5.41) is 9.90. The Morgan fingerprint density at radius 1 is 1.29 bits per heavy atom. The number of hydrogen-bond donors (Lipinski definition) is 1. The molecule has 0 aromatic carbocycles. The maximum Gasteiger partial charge on any atom is 0.0695 e. The van der Waals surface area contributed by atoms with Gasteiger partial charge in [0, 0.05) is 12.6 Å². The first-order valence-corrected chi connectivity index (χ1v) is 6.07. The first kappa shape index (κ1) is 10.4. The second-order valence-corrected chi connectivity index (χ2v) is 5.33. The summed E-state index contributed by atoms with van der Waals surface area (Å²) >= 11 is 0. The van der Waals surface area contributed by atoms with Crippen molar-refractivity contribution in [3.05, 3.63) is 0 Å². The lowest BCUT2D eigenvalue weighted by Crippen LogP contribution is -2.44. The third-order valence-corrected chi connectivity index (χ3v) is 4.06. The molecule has 0 bridgehead atoms. The van der Waals surface area contributed by atoms with E-state index in [1.54, 1.807) is 0 Å². The van der Waals surface area contributed by atoms with E-state index in [2.05, 4.69) is 18.9 Å². The van der Waals surface area contributed by atoms with E-state index in [4.69, 9.17) is 0 Å². The van der Waals surface area contributed by atoms with Crippen LogP contribution in [0.5, 0.6) is 0 Å². The van der Waals surface area contributed by atoms with E-state index >= 15 is 0 Å². The highest BCUT2D eigenvalue weighted by Crippen LogP contribution is 2.38. The van der Waals surface area contributed by atoms with Gasteiger partial charge in [0.2, 0.25) is 0 Å². The van der Waals surface area contributed by atoms with Gasteiger partial charge in [0.25, 0.3) is 0 Å². The molecule has 2 nitrogen and oxygen atoms in total. The molecule has 2 fully saturated rings. The summed E-state index contributed by atoms with van der Waals surface area (Å²) in [6, 6.07) is 0.441. The highest BCUT2D eigenvalue weighted by molar-refractivity contribution is 4.88. The summed E-state index contributed by atoms with van der Waals surface area (Å²) < 4.78 is 0. The van der Waals surface area contributed by atoms with Crippen LogP contribution >= 0.6 is 0 Å². The number of aliphatic hydroxyl groups excluding tert-OH is 1. The predicted octanol–water partition coefficient (Wildman–Crippen LogP) is 1.88. The maximum atomic E-state index is 9.90. The van der Waals surface area contributed by atoms with Crippen LogP contribution in [0.15, 0.2) is 0 Å². The van der Waals surface area contributed by atoms with E-state index < -0.39 is 0 Å². The molecule has 2 saturated carbocycles. The number of hydrogen-bond acceptors (Lipinski definition) is 2. The minimum absolute atomic E-state index is 0.0668. The van der Waals surface area contributed by atoms with Crippen LogP contribution in [0, 0.1) is 11.8 Å². The molecule has 1 N–H and O–H groups in total. The summed E-state index contributed by atoms with van der Waals surface area (Å²) in [6.07, 6.45) is 6.04. The fraction of sp³-hybridized carbons (Fsp3) is 1.00. The molecule has 0 heterocycles. The van der Waals surface area contributed by atoms with E-state index in [1.165, 1.54) is 32.2 Å². The lowest BCUT2D eigenvalue weighted by molar-refractivity contribution is 0.0298. The Labute approximate surface area is 87.3 Å². The van der Waals surface area contributed by atoms with Crippen molar-refractivity contribution < 1.29 is 5.11 Å². The topological polar surface area (TPSA) is 23.5 Å². The van der Waals surface area contributed by atoms with Gasteiger partial charge < -0.3 is 10.0 Å². The van der Waals surface area contributed by atoms with Crippen molar-refractivity contribution in [3.8, 4) is 0 Å². The molecule has 0 radical (unpaired) electrons. The standard InChI is InChI=1S/C12H23NO/c1-9-7-10(9)8-13(2)11-5-3-4-6-12(11)14/h9-12,14H,3-8H2,1-2H3/t9?,10?,11-,12-/m0/s1. The van der Waals surface area contributed by atoms with Gasteiger partial charge in [-0.25, -0.2) is 0 Å². The summed E-state index contributed by atoms with van der Waals surface area (Å²) in [5.74, 6) is 1.84. The molecule has 2 aliphatic rings. The smallest absolute Gasteiger partial charge is 0.0695 e. The molecule has 0 aromatic heterocycles. The highest BCUT2D eigenvalue weighted by Gasteiger charge is 2.36. The van der Waals surface area contributed by atoms with E-state index in [-0.39, 0.29) is 6.10 Å². The Morgan fingerprint density at radius 2 is 1.93 bits per heavy atom. The minimum atomic E-state index is -0.0668. The van der Waals surface area contributed by atoms with Crippen molar-refractivity contribution in [2.24, 2.45) is 11.8 Å². The predicted molar refractivity (Wildman–Crippen MR) is 58.2 cm³/mol. The third kappa shape index (κ3) is 2.29. The van der Waals surface area contributed by atoms with E-state index in [0.717, 1.165) is 18.3 Å². The monoisotopic (exact) mass is 197 g/mol. The Hall–Kier alpha value is -0.0800. The molecular formula is C12H23NO. The van der Waals surface area contributed by atoms with E-state index in [0.29, 0.717) is 6.04 Å². The first-order chi connectivity index (χ1) is 6.68. The van der Waals surface area contributed by atoms with Gasteiger partial charge in [-0.15, -0.1) is 0 Å². The number of rotatable bonds is 3. The van der Waals surface area contributed by atoms with Crippen molar-refractivity contribution in [3.63, 3.8) is 0 Å². The molecule has 2 unspecified atom stereocenters. The molecule has 0 amide bonds. The van der Waals surface area contributed by atoms with Crippen LogP contribution in [-0.4, -0.2) is 35.7 Å². The SMILES string of the molecule is CC1CC1CN(C)[C@H]1CCCC[C@@H]1O. The van der Waals surface area contributed by atoms with Crippen LogP contribution in [0.3, 0.4) is 0 Å². The second-order valence-electron chi connectivity index (χ2n) is 5.33. The molecule has 2 heteroatoms. The van der Waals surface area contributed by atoms with Crippen molar-refractivity contribution in [1.29, 1.82) is 0 Å². The van der Waals surface area contributed by atoms with Gasteiger partial charge in [0.1, 0.15) is 0 Å². The van der Waals surface area contributed by atoms with Crippen LogP contribution in [0.2, 0.25) is 0 Å². The van der Waals surface area contributed by atoms with Gasteiger partial charge in [-0.2, -0.15) is 0 Å². The van der Waals surface area contributed by atoms with Gasteiger partial charge in [-0.05, 0) is 38.1 Å². The molecule has 82 valence electrons. The third-order valence-electron chi connectivity index (χ3n) is 4.06. The molecule has 0 aromatic rings. The van der Waals surface area contributed by atoms with Crippen LogP contribution in [0.25, 0.3) is 0 Å². The Bertz CT molecular complexity index is 195. The molecule has 2 rings (SSSR count). The fourth-order valence-corrected chi connectivity index (χ4v) is 2.76. The van der Waals surface area contributed by atoms with Gasteiger partial charge in [-0.1, -0.05) is 19.8 Å². The molecular weight excluding hydrogens is 174 g/mol. The summed E-state index contributed by atoms with van der Waals surface area (Å²) in [6.45, 7) is 3.53. The van der Waals surface area contributed by atoms with Gasteiger partial charge >= 0.3 is 0 Å². The largest absolute Gasteiger partial charge is 0.391 e. The van der Waals surface area contributed by atoms with Gasteiger partial charge in [0.05, 0.1) is 6.10 Å². The normalized spacial score (nSPS) is 42.9.